The predicted octanol–water partition coefficient (Wildman–Crippen LogP) is 5.57. The summed E-state index contributed by atoms with van der Waals surface area (Å²) < 4.78 is 2.87. The summed E-state index contributed by atoms with van der Waals surface area (Å²) in [5, 5.41) is 15.6. The Labute approximate surface area is 210 Å². The van der Waals surface area contributed by atoms with Crippen molar-refractivity contribution in [2.24, 2.45) is 5.92 Å². The van der Waals surface area contributed by atoms with Gasteiger partial charge in [-0.3, -0.25) is 9.59 Å². The molecular weight excluding hydrogens is 526 g/mol. The van der Waals surface area contributed by atoms with E-state index in [0.717, 1.165) is 10.2 Å². The maximum atomic E-state index is 12.9. The van der Waals surface area contributed by atoms with Gasteiger partial charge in [-0.25, -0.2) is 0 Å². The molecule has 1 atom stereocenters. The van der Waals surface area contributed by atoms with Gasteiger partial charge < -0.3 is 15.2 Å². The third-order valence-corrected chi connectivity index (χ3v) is 6.70. The van der Waals surface area contributed by atoms with Gasteiger partial charge in [0.15, 0.2) is 11.0 Å². The van der Waals surface area contributed by atoms with Crippen LogP contribution < -0.4 is 10.6 Å². The van der Waals surface area contributed by atoms with Crippen LogP contribution in [-0.4, -0.2) is 32.3 Å². The van der Waals surface area contributed by atoms with Crippen LogP contribution >= 0.6 is 39.3 Å². The maximum absolute atomic E-state index is 12.9. The zero-order valence-electron chi connectivity index (χ0n) is 18.5. The number of thioether (sulfide) groups is 1. The molecule has 33 heavy (non-hydrogen) atoms. The van der Waals surface area contributed by atoms with Gasteiger partial charge in [0, 0.05) is 16.7 Å². The van der Waals surface area contributed by atoms with Crippen molar-refractivity contribution in [3.8, 4) is 0 Å². The maximum Gasteiger partial charge on any atom is 0.253 e. The minimum absolute atomic E-state index is 0.0597. The molecule has 0 bridgehead atoms. The van der Waals surface area contributed by atoms with E-state index < -0.39 is 0 Å². The number of rotatable bonds is 9. The normalized spacial score (nSPS) is 11.9. The number of hydrogen-bond donors (Lipinski definition) is 2. The van der Waals surface area contributed by atoms with Crippen molar-refractivity contribution in [1.29, 1.82) is 0 Å². The molecule has 0 aliphatic carbocycles. The average Bonchev–Trinajstić information content (AvgIpc) is 3.20. The second-order valence-electron chi connectivity index (χ2n) is 7.60. The van der Waals surface area contributed by atoms with Crippen molar-refractivity contribution >= 4 is 56.8 Å². The largest absolute Gasteiger partial charge is 0.342 e. The van der Waals surface area contributed by atoms with E-state index in [2.05, 4.69) is 36.8 Å². The minimum Gasteiger partial charge on any atom is -0.342 e. The van der Waals surface area contributed by atoms with Crippen molar-refractivity contribution in [3.63, 3.8) is 0 Å². The Bertz CT molecular complexity index is 1120. The highest BCUT2D eigenvalue weighted by molar-refractivity contribution is 9.10. The number of halogens is 2. The van der Waals surface area contributed by atoms with Crippen LogP contribution in [0, 0.1) is 5.92 Å². The Kier molecular flexibility index (Phi) is 8.94. The summed E-state index contributed by atoms with van der Waals surface area (Å²) in [6, 6.07) is 13.9. The number of carbonyl (C=O) groups excluding carboxylic acids is 2. The van der Waals surface area contributed by atoms with Crippen molar-refractivity contribution < 1.29 is 9.59 Å². The molecular formula is C23H25BrClN5O2S. The molecule has 2 N–H and O–H groups in total. The quantitative estimate of drug-likeness (QED) is 0.340. The summed E-state index contributed by atoms with van der Waals surface area (Å²) in [5.74, 6) is 0.482. The number of amides is 2. The molecule has 7 nitrogen and oxygen atoms in total. The van der Waals surface area contributed by atoms with Crippen LogP contribution in [0.15, 0.2) is 58.2 Å². The summed E-state index contributed by atoms with van der Waals surface area (Å²) >= 11 is 10.9. The molecule has 2 amide bonds. The van der Waals surface area contributed by atoms with Gasteiger partial charge in [0.05, 0.1) is 22.4 Å². The van der Waals surface area contributed by atoms with Crippen LogP contribution in [0.5, 0.6) is 0 Å². The fourth-order valence-electron chi connectivity index (χ4n) is 3.19. The molecule has 1 aromatic heterocycles. The molecule has 1 unspecified atom stereocenters. The predicted molar refractivity (Wildman–Crippen MR) is 136 cm³/mol. The van der Waals surface area contributed by atoms with Gasteiger partial charge in [0.25, 0.3) is 5.91 Å². The van der Waals surface area contributed by atoms with Crippen LogP contribution in [0.3, 0.4) is 0 Å². The molecule has 0 spiro atoms. The van der Waals surface area contributed by atoms with Crippen molar-refractivity contribution in [1.82, 2.24) is 20.1 Å². The highest BCUT2D eigenvalue weighted by Gasteiger charge is 2.26. The van der Waals surface area contributed by atoms with Gasteiger partial charge in [0.1, 0.15) is 0 Å². The van der Waals surface area contributed by atoms with Gasteiger partial charge >= 0.3 is 0 Å². The second kappa shape index (κ2) is 11.7. The summed E-state index contributed by atoms with van der Waals surface area (Å²) in [5.41, 5.74) is 1.13. The van der Waals surface area contributed by atoms with Gasteiger partial charge in [-0.1, -0.05) is 65.3 Å². The molecule has 0 radical (unpaired) electrons. The second-order valence-corrected chi connectivity index (χ2v) is 9.87. The summed E-state index contributed by atoms with van der Waals surface area (Å²) in [4.78, 5) is 25.2. The lowest BCUT2D eigenvalue weighted by Crippen LogP contribution is -2.34. The smallest absolute Gasteiger partial charge is 0.253 e. The molecule has 10 heteroatoms. The highest BCUT2D eigenvalue weighted by atomic mass is 79.9. The molecule has 3 rings (SSSR count). The van der Waals surface area contributed by atoms with Crippen molar-refractivity contribution in [3.05, 3.63) is 69.4 Å². The van der Waals surface area contributed by atoms with Crippen molar-refractivity contribution in [2.75, 3.05) is 11.1 Å². The lowest BCUT2D eigenvalue weighted by Gasteiger charge is -2.22. The summed E-state index contributed by atoms with van der Waals surface area (Å²) in [6.07, 6.45) is 0. The molecule has 0 fully saturated rings. The summed E-state index contributed by atoms with van der Waals surface area (Å²) in [7, 11) is 0. The third-order valence-electron chi connectivity index (χ3n) is 4.87. The van der Waals surface area contributed by atoms with Crippen LogP contribution in [0.4, 0.5) is 5.69 Å². The van der Waals surface area contributed by atoms with Crippen LogP contribution in [0.1, 0.15) is 43.0 Å². The van der Waals surface area contributed by atoms with E-state index >= 15 is 0 Å². The highest BCUT2D eigenvalue weighted by Crippen LogP contribution is 2.26. The number of benzene rings is 2. The van der Waals surface area contributed by atoms with E-state index in [0.29, 0.717) is 28.1 Å². The topological polar surface area (TPSA) is 88.9 Å². The average molecular weight is 551 g/mol. The van der Waals surface area contributed by atoms with E-state index in [1.54, 1.807) is 24.3 Å². The Hall–Kier alpha value is -2.36. The van der Waals surface area contributed by atoms with E-state index in [1.165, 1.54) is 11.8 Å². The molecule has 1 heterocycles. The lowest BCUT2D eigenvalue weighted by atomic mass is 10.0. The van der Waals surface area contributed by atoms with Gasteiger partial charge in [-0.2, -0.15) is 0 Å². The monoisotopic (exact) mass is 549 g/mol. The molecule has 0 saturated carbocycles. The lowest BCUT2D eigenvalue weighted by molar-refractivity contribution is -0.113. The Morgan fingerprint density at radius 1 is 1.12 bits per heavy atom. The van der Waals surface area contributed by atoms with Crippen LogP contribution in [-0.2, 0) is 11.3 Å². The Morgan fingerprint density at radius 3 is 2.45 bits per heavy atom. The van der Waals surface area contributed by atoms with Crippen LogP contribution in [0.2, 0.25) is 5.02 Å². The SMILES string of the molecule is CCn1c(SCC(=O)Nc2ccc(Br)cc2)nnc1C(NC(=O)c1ccccc1Cl)C(C)C. The number of aromatic nitrogens is 3. The first-order valence-corrected chi connectivity index (χ1v) is 12.6. The molecule has 3 aromatic rings. The number of nitrogens with one attached hydrogen (secondary N) is 2. The van der Waals surface area contributed by atoms with E-state index in [1.807, 2.05) is 49.6 Å². The standard InChI is InChI=1S/C23H25BrClN5O2S/c1-4-30-21(20(14(2)3)27-22(32)17-7-5-6-8-18(17)25)28-29-23(30)33-13-19(31)26-16-11-9-15(24)10-12-16/h5-12,14,20H,4,13H2,1-3H3,(H,26,31)(H,27,32). The minimum atomic E-state index is -0.368. The molecule has 0 saturated heterocycles. The Morgan fingerprint density at radius 2 is 1.82 bits per heavy atom. The zero-order chi connectivity index (χ0) is 24.0. The Balaban J connectivity index is 1.71. The molecule has 174 valence electrons. The molecule has 2 aromatic carbocycles. The van der Waals surface area contributed by atoms with E-state index in [-0.39, 0.29) is 29.5 Å². The third kappa shape index (κ3) is 6.59. The van der Waals surface area contributed by atoms with Gasteiger partial charge in [-0.05, 0) is 49.2 Å². The number of carbonyl (C=O) groups is 2. The molecule has 0 aliphatic rings. The van der Waals surface area contributed by atoms with E-state index in [9.17, 15) is 9.59 Å². The first-order valence-electron chi connectivity index (χ1n) is 10.5. The molecule has 0 aliphatic heterocycles. The fourth-order valence-corrected chi connectivity index (χ4v) is 4.48. The van der Waals surface area contributed by atoms with Crippen molar-refractivity contribution in [2.45, 2.75) is 38.5 Å². The number of hydrogen-bond acceptors (Lipinski definition) is 5. The number of nitrogens with zero attached hydrogens (tertiary/aromatic N) is 3. The zero-order valence-corrected chi connectivity index (χ0v) is 21.7. The van der Waals surface area contributed by atoms with E-state index in [4.69, 9.17) is 11.6 Å². The summed E-state index contributed by atoms with van der Waals surface area (Å²) in [6.45, 7) is 6.59. The van der Waals surface area contributed by atoms with Gasteiger partial charge in [-0.15, -0.1) is 10.2 Å². The van der Waals surface area contributed by atoms with Crippen LogP contribution in [0.25, 0.3) is 0 Å². The fraction of sp³-hybridized carbons (Fsp3) is 0.304. The number of anilines is 1. The first-order chi connectivity index (χ1) is 15.8. The first kappa shape index (κ1) is 25.3. The van der Waals surface area contributed by atoms with Gasteiger partial charge in [0.2, 0.25) is 5.91 Å².